The zero-order chi connectivity index (χ0) is 53.6. The molecule has 1 aliphatic heterocycles. The molecule has 18 nitrogen and oxygen atoms in total. The number of aliphatic hydroxyl groups is 2. The molecular formula is C57H77N5O13. The van der Waals surface area contributed by atoms with Gasteiger partial charge >= 0.3 is 12.2 Å². The Morgan fingerprint density at radius 2 is 1.44 bits per heavy atom. The maximum atomic E-state index is 14.8. The van der Waals surface area contributed by atoms with E-state index in [0.717, 1.165) is 30.4 Å². The van der Waals surface area contributed by atoms with Gasteiger partial charge in [-0.15, -0.1) is 6.58 Å². The Morgan fingerprint density at radius 3 is 2.07 bits per heavy atom. The van der Waals surface area contributed by atoms with Crippen molar-refractivity contribution < 1.29 is 53.4 Å². The number of carbonyl (C=O) groups excluding carboxylic acids is 2. The highest BCUT2D eigenvalue weighted by Gasteiger charge is 2.65. The van der Waals surface area contributed by atoms with Gasteiger partial charge in [-0.05, 0) is 104 Å². The number of ether oxygens (including phenoxy) is 4. The van der Waals surface area contributed by atoms with Gasteiger partial charge in [0.1, 0.15) is 29.9 Å². The zero-order valence-electron chi connectivity index (χ0n) is 43.7. The van der Waals surface area contributed by atoms with Crippen molar-refractivity contribution in [2.24, 2.45) is 22.9 Å². The SMILES string of the molecule is C=CCOC12Oc3ccc(OC(=O)NCCCCCCCCCCCC)cc3C3C(CCCCO)C(CCCCO)C=C(C(=NOCc4ccc([N+](=O)[O-])cc4)CC1N(CCC)C(=O)Oc1ccc([N+](=O)[O-])cc1)C32. The van der Waals surface area contributed by atoms with Crippen LogP contribution >= 0.6 is 0 Å². The van der Waals surface area contributed by atoms with Crippen LogP contribution in [0.5, 0.6) is 17.2 Å². The van der Waals surface area contributed by atoms with Crippen molar-refractivity contribution in [3.05, 3.63) is 122 Å². The van der Waals surface area contributed by atoms with E-state index < -0.39 is 45.7 Å². The summed E-state index contributed by atoms with van der Waals surface area (Å²) < 4.78 is 26.3. The lowest BCUT2D eigenvalue weighted by atomic mass is 9.55. The molecule has 0 radical (unpaired) electrons. The first-order valence-corrected chi connectivity index (χ1v) is 27.1. The number of hydrogen-bond donors (Lipinski definition) is 3. The Hall–Kier alpha value is -6.37. The Labute approximate surface area is 440 Å². The highest BCUT2D eigenvalue weighted by atomic mass is 16.7. The lowest BCUT2D eigenvalue weighted by Crippen LogP contribution is -2.70. The number of fused-ring (bicyclic) bond motifs is 2. The van der Waals surface area contributed by atoms with Crippen molar-refractivity contribution in [2.75, 3.05) is 32.9 Å². The van der Waals surface area contributed by atoms with Crippen molar-refractivity contribution in [2.45, 2.75) is 154 Å². The third kappa shape index (κ3) is 15.6. The molecule has 6 atom stereocenters. The molecule has 0 saturated heterocycles. The summed E-state index contributed by atoms with van der Waals surface area (Å²) in [6.45, 7) is 8.80. The molecule has 2 aliphatic carbocycles. The first kappa shape index (κ1) is 57.9. The van der Waals surface area contributed by atoms with Crippen molar-refractivity contribution in [1.82, 2.24) is 10.2 Å². The zero-order valence-corrected chi connectivity index (χ0v) is 43.7. The standard InChI is InChI=1S/C57H77N5O13/c1-4-7-8-9-10-11-12-13-14-17-32-58-55(65)73-46-30-31-51-49(38-46)53-47(21-16-19-35-64)42(20-15-18-34-63)37-48-50(59-72-40-41-22-24-43(25-23-41)61(67)68)39-52(57(75-51,54(48)53)71-36-6-3)60(33-5-2)56(66)74-45-28-26-44(27-29-45)62(69)70/h6,22-31,37-38,42,47,52-54,63-64H,3-5,7-21,32-36,39-40H2,1-2H3,(H,58,65). The van der Waals surface area contributed by atoms with Crippen LogP contribution in [0, 0.1) is 38.0 Å². The maximum Gasteiger partial charge on any atom is 0.415 e. The molecule has 0 aromatic heterocycles. The van der Waals surface area contributed by atoms with E-state index in [1.807, 2.05) is 13.0 Å². The van der Waals surface area contributed by atoms with E-state index in [-0.39, 0.29) is 68.4 Å². The number of non-ortho nitro benzene ring substituents is 2. The number of nitro benzene ring substituents is 2. The van der Waals surface area contributed by atoms with Crippen LogP contribution < -0.4 is 19.5 Å². The van der Waals surface area contributed by atoms with Crippen LogP contribution in [0.3, 0.4) is 0 Å². The van der Waals surface area contributed by atoms with Crippen molar-refractivity contribution in [1.29, 1.82) is 0 Å². The van der Waals surface area contributed by atoms with Crippen molar-refractivity contribution >= 4 is 29.3 Å². The van der Waals surface area contributed by atoms with E-state index in [0.29, 0.717) is 74.3 Å². The fraction of sp³-hybridized carbons (Fsp3) is 0.561. The molecule has 408 valence electrons. The summed E-state index contributed by atoms with van der Waals surface area (Å²) in [6.07, 6.45) is 18.7. The molecule has 6 unspecified atom stereocenters. The number of oxime groups is 1. The summed E-state index contributed by atoms with van der Waals surface area (Å²) in [4.78, 5) is 57.8. The summed E-state index contributed by atoms with van der Waals surface area (Å²) in [5, 5.41) is 50.7. The van der Waals surface area contributed by atoms with E-state index in [1.165, 1.54) is 81.3 Å². The number of carbonyl (C=O) groups is 2. The number of hydrogen-bond acceptors (Lipinski definition) is 14. The molecular weight excluding hydrogens is 963 g/mol. The molecule has 1 fully saturated rings. The molecule has 0 bridgehead atoms. The van der Waals surface area contributed by atoms with E-state index >= 15 is 0 Å². The third-order valence-electron chi connectivity index (χ3n) is 14.5. The smallest absolute Gasteiger partial charge is 0.415 e. The number of nitrogens with zero attached hydrogens (tertiary/aromatic N) is 4. The van der Waals surface area contributed by atoms with E-state index in [4.69, 9.17) is 28.9 Å². The van der Waals surface area contributed by atoms with Gasteiger partial charge < -0.3 is 39.3 Å². The predicted octanol–water partition coefficient (Wildman–Crippen LogP) is 12.3. The molecule has 3 aliphatic rings. The van der Waals surface area contributed by atoms with Crippen LogP contribution in [0.15, 0.2) is 96.2 Å². The van der Waals surface area contributed by atoms with Crippen LogP contribution in [0.25, 0.3) is 0 Å². The van der Waals surface area contributed by atoms with Gasteiger partial charge in [0.15, 0.2) is 0 Å². The highest BCUT2D eigenvalue weighted by Crippen LogP contribution is 2.62. The van der Waals surface area contributed by atoms with Crippen LogP contribution in [0.1, 0.15) is 146 Å². The lowest BCUT2D eigenvalue weighted by Gasteiger charge is -2.59. The van der Waals surface area contributed by atoms with Gasteiger partial charge in [0.25, 0.3) is 11.4 Å². The van der Waals surface area contributed by atoms with Crippen LogP contribution in [0.4, 0.5) is 21.0 Å². The van der Waals surface area contributed by atoms with Crippen molar-refractivity contribution in [3.8, 4) is 17.2 Å². The van der Waals surface area contributed by atoms with Gasteiger partial charge in [-0.1, -0.05) is 102 Å². The summed E-state index contributed by atoms with van der Waals surface area (Å²) in [5.74, 6) is -2.09. The minimum atomic E-state index is -1.63. The molecule has 3 aromatic carbocycles. The molecule has 1 saturated carbocycles. The minimum absolute atomic E-state index is 0.00319. The molecule has 3 aromatic rings. The van der Waals surface area contributed by atoms with E-state index in [9.17, 15) is 40.0 Å². The molecule has 18 heteroatoms. The quantitative estimate of drug-likeness (QED) is 0.0229. The number of rotatable bonds is 32. The fourth-order valence-corrected chi connectivity index (χ4v) is 11.0. The highest BCUT2D eigenvalue weighted by molar-refractivity contribution is 6.03. The van der Waals surface area contributed by atoms with Gasteiger partial charge in [0.05, 0.1) is 28.1 Å². The third-order valence-corrected chi connectivity index (χ3v) is 14.5. The summed E-state index contributed by atoms with van der Waals surface area (Å²) >= 11 is 0. The molecule has 0 spiro atoms. The van der Waals surface area contributed by atoms with Gasteiger partial charge in [0, 0.05) is 68.5 Å². The summed E-state index contributed by atoms with van der Waals surface area (Å²) in [6, 6.07) is 15.6. The normalized spacial score (nSPS) is 20.9. The average molecular weight is 1040 g/mol. The second-order valence-corrected chi connectivity index (χ2v) is 19.8. The van der Waals surface area contributed by atoms with Gasteiger partial charge in [-0.2, -0.15) is 0 Å². The number of amides is 2. The number of unbranched alkanes of at least 4 members (excludes halogenated alkanes) is 11. The molecule has 1 heterocycles. The minimum Gasteiger partial charge on any atom is -0.459 e. The first-order chi connectivity index (χ1) is 36.5. The lowest BCUT2D eigenvalue weighted by molar-refractivity contribution is -0.385. The molecule has 2 amide bonds. The largest absolute Gasteiger partial charge is 0.459 e. The second kappa shape index (κ2) is 29.6. The van der Waals surface area contributed by atoms with Gasteiger partial charge in [0.2, 0.25) is 5.79 Å². The molecule has 75 heavy (non-hydrogen) atoms. The number of nitro groups is 2. The Bertz CT molecular complexity index is 2400. The van der Waals surface area contributed by atoms with Gasteiger partial charge in [-0.3, -0.25) is 25.1 Å². The summed E-state index contributed by atoms with van der Waals surface area (Å²) in [5.41, 5.74) is 2.43. The first-order valence-electron chi connectivity index (χ1n) is 27.1. The Kier molecular flexibility index (Phi) is 22.9. The number of nitrogens with one attached hydrogen (secondary N) is 1. The van der Waals surface area contributed by atoms with Crippen LogP contribution in [-0.2, 0) is 16.2 Å². The van der Waals surface area contributed by atoms with Crippen molar-refractivity contribution in [3.63, 3.8) is 0 Å². The predicted molar refractivity (Wildman–Crippen MR) is 285 cm³/mol. The molecule has 6 rings (SSSR count). The topological polar surface area (TPSA) is 235 Å². The Balaban J connectivity index is 1.42. The second-order valence-electron chi connectivity index (χ2n) is 19.8. The maximum absolute atomic E-state index is 14.8. The van der Waals surface area contributed by atoms with Crippen LogP contribution in [-0.4, -0.2) is 87.6 Å². The number of aliphatic hydroxyl groups excluding tert-OH is 2. The van der Waals surface area contributed by atoms with E-state index in [1.54, 1.807) is 35.2 Å². The number of allylic oxidation sites excluding steroid dienone is 1. The average Bonchev–Trinajstić information content (AvgIpc) is 3.42. The van der Waals surface area contributed by atoms with E-state index in [2.05, 4.69) is 24.9 Å². The monoisotopic (exact) mass is 1040 g/mol. The fourth-order valence-electron chi connectivity index (χ4n) is 11.0. The van der Waals surface area contributed by atoms with Crippen LogP contribution in [0.2, 0.25) is 0 Å². The number of benzene rings is 3. The van der Waals surface area contributed by atoms with Gasteiger partial charge in [-0.25, -0.2) is 9.59 Å². The molecule has 3 N–H and O–H groups in total. The summed E-state index contributed by atoms with van der Waals surface area (Å²) in [7, 11) is 0. The Morgan fingerprint density at radius 1 is 0.813 bits per heavy atom.